The highest BCUT2D eigenvalue weighted by atomic mass is 32.1. The van der Waals surface area contributed by atoms with Crippen molar-refractivity contribution < 1.29 is 4.79 Å². The molecule has 1 atom stereocenters. The minimum Gasteiger partial charge on any atom is -0.316 e. The first-order chi connectivity index (χ1) is 8.27. The molecule has 0 spiro atoms. The molecular weight excluding hydrogens is 236 g/mol. The summed E-state index contributed by atoms with van der Waals surface area (Å²) in [6.07, 6.45) is 5.58. The lowest BCUT2D eigenvalue weighted by Crippen LogP contribution is -2.47. The molecule has 2 N–H and O–H groups in total. The average Bonchev–Trinajstić information content (AvgIpc) is 2.83. The van der Waals surface area contributed by atoms with Crippen LogP contribution in [0.2, 0.25) is 0 Å². The number of amides is 1. The smallest absolute Gasteiger partial charge is 0.232 e. The van der Waals surface area contributed by atoms with Crippen molar-refractivity contribution >= 4 is 22.4 Å². The second-order valence-electron chi connectivity index (χ2n) is 4.55. The summed E-state index contributed by atoms with van der Waals surface area (Å²) in [5.74, 6) is 0.109. The van der Waals surface area contributed by atoms with Gasteiger partial charge in [0.25, 0.3) is 0 Å². The predicted octanol–water partition coefficient (Wildman–Crippen LogP) is 1.65. The van der Waals surface area contributed by atoms with Crippen LogP contribution < -0.4 is 10.6 Å². The van der Waals surface area contributed by atoms with E-state index in [-0.39, 0.29) is 11.3 Å². The van der Waals surface area contributed by atoms with E-state index in [1.54, 1.807) is 6.20 Å². The highest BCUT2D eigenvalue weighted by Crippen LogP contribution is 2.33. The maximum Gasteiger partial charge on any atom is 0.232 e. The summed E-state index contributed by atoms with van der Waals surface area (Å²) in [5, 5.41) is 10.7. The zero-order valence-corrected chi connectivity index (χ0v) is 10.8. The molecular formula is C11H18N4OS. The summed E-state index contributed by atoms with van der Waals surface area (Å²) in [5.41, 5.74) is -0.253. The van der Waals surface area contributed by atoms with E-state index in [2.05, 4.69) is 27.1 Å². The van der Waals surface area contributed by atoms with E-state index in [9.17, 15) is 4.79 Å². The summed E-state index contributed by atoms with van der Waals surface area (Å²) >= 11 is 1.22. The minimum absolute atomic E-state index is 0.109. The van der Waals surface area contributed by atoms with Crippen LogP contribution >= 0.6 is 11.5 Å². The van der Waals surface area contributed by atoms with Gasteiger partial charge in [-0.2, -0.15) is 0 Å². The van der Waals surface area contributed by atoms with Crippen LogP contribution in [0, 0.1) is 5.41 Å². The van der Waals surface area contributed by atoms with Gasteiger partial charge < -0.3 is 10.6 Å². The minimum atomic E-state index is -0.253. The topological polar surface area (TPSA) is 66.9 Å². The average molecular weight is 254 g/mol. The Bertz CT molecular complexity index is 354. The molecule has 1 aromatic heterocycles. The Morgan fingerprint density at radius 1 is 1.71 bits per heavy atom. The largest absolute Gasteiger partial charge is 0.316 e. The standard InChI is InChI=1S/C11H18N4OS/c1-2-4-11(5-3-6-12-8-11)10(16)14-9-7-13-15-17-9/h7,12H,2-6,8H2,1H3,(H,14,16). The lowest BCUT2D eigenvalue weighted by Gasteiger charge is -2.35. The first-order valence-corrected chi connectivity index (χ1v) is 6.84. The summed E-state index contributed by atoms with van der Waals surface area (Å²) in [4.78, 5) is 12.4. The van der Waals surface area contributed by atoms with Gasteiger partial charge in [-0.05, 0) is 25.8 Å². The highest BCUT2D eigenvalue weighted by Gasteiger charge is 2.38. The third-order valence-electron chi connectivity index (χ3n) is 3.28. The molecule has 1 aliphatic rings. The van der Waals surface area contributed by atoms with Crippen LogP contribution in [0.4, 0.5) is 5.00 Å². The lowest BCUT2D eigenvalue weighted by atomic mass is 9.76. The van der Waals surface area contributed by atoms with Gasteiger partial charge >= 0.3 is 0 Å². The number of hydrogen-bond donors (Lipinski definition) is 2. The van der Waals surface area contributed by atoms with Gasteiger partial charge in [0.2, 0.25) is 5.91 Å². The third kappa shape index (κ3) is 2.81. The van der Waals surface area contributed by atoms with Crippen molar-refractivity contribution in [3.63, 3.8) is 0 Å². The Kier molecular flexibility index (Phi) is 4.06. The second-order valence-corrected chi connectivity index (χ2v) is 5.33. The number of anilines is 1. The first-order valence-electron chi connectivity index (χ1n) is 6.06. The van der Waals surface area contributed by atoms with Crippen molar-refractivity contribution in [2.24, 2.45) is 5.41 Å². The molecule has 94 valence electrons. The lowest BCUT2D eigenvalue weighted by molar-refractivity contribution is -0.127. The normalized spacial score (nSPS) is 24.5. The van der Waals surface area contributed by atoms with Crippen molar-refractivity contribution in [3.05, 3.63) is 6.20 Å². The van der Waals surface area contributed by atoms with Gasteiger partial charge in [0.1, 0.15) is 5.00 Å². The fourth-order valence-electron chi connectivity index (χ4n) is 2.43. The number of nitrogens with zero attached hydrogens (tertiary/aromatic N) is 2. The molecule has 0 bridgehead atoms. The molecule has 0 aromatic carbocycles. The molecule has 0 radical (unpaired) electrons. The zero-order valence-electron chi connectivity index (χ0n) is 10.0. The Morgan fingerprint density at radius 3 is 3.18 bits per heavy atom. The summed E-state index contributed by atoms with van der Waals surface area (Å²) < 4.78 is 3.75. The monoisotopic (exact) mass is 254 g/mol. The molecule has 0 saturated carbocycles. The fraction of sp³-hybridized carbons (Fsp3) is 0.727. The number of hydrogen-bond acceptors (Lipinski definition) is 5. The maximum atomic E-state index is 12.4. The quantitative estimate of drug-likeness (QED) is 0.857. The van der Waals surface area contributed by atoms with Crippen molar-refractivity contribution in [2.75, 3.05) is 18.4 Å². The predicted molar refractivity (Wildman–Crippen MR) is 68.0 cm³/mol. The summed E-state index contributed by atoms with van der Waals surface area (Å²) in [6.45, 7) is 3.91. The van der Waals surface area contributed by atoms with Crippen LogP contribution in [-0.2, 0) is 4.79 Å². The number of carbonyl (C=O) groups excluding carboxylic acids is 1. The Balaban J connectivity index is 2.06. The number of carbonyl (C=O) groups is 1. The number of rotatable bonds is 4. The van der Waals surface area contributed by atoms with Crippen LogP contribution in [0.15, 0.2) is 6.20 Å². The van der Waals surface area contributed by atoms with E-state index >= 15 is 0 Å². The molecule has 1 aliphatic heterocycles. The molecule has 2 heterocycles. The van der Waals surface area contributed by atoms with Crippen LogP contribution in [0.3, 0.4) is 0 Å². The number of aromatic nitrogens is 2. The van der Waals surface area contributed by atoms with E-state index < -0.39 is 0 Å². The van der Waals surface area contributed by atoms with Crippen LogP contribution in [0.25, 0.3) is 0 Å². The van der Waals surface area contributed by atoms with E-state index in [0.717, 1.165) is 43.8 Å². The molecule has 2 rings (SSSR count). The summed E-state index contributed by atoms with van der Waals surface area (Å²) in [6, 6.07) is 0. The van der Waals surface area contributed by atoms with Gasteiger partial charge in [-0.3, -0.25) is 4.79 Å². The van der Waals surface area contributed by atoms with E-state index in [1.165, 1.54) is 11.5 Å². The second kappa shape index (κ2) is 5.55. The Hall–Kier alpha value is -1.01. The van der Waals surface area contributed by atoms with Gasteiger partial charge in [0.05, 0.1) is 11.6 Å². The molecule has 1 saturated heterocycles. The highest BCUT2D eigenvalue weighted by molar-refractivity contribution is 7.10. The first kappa shape index (κ1) is 12.4. The Morgan fingerprint density at radius 2 is 2.59 bits per heavy atom. The molecule has 1 aromatic rings. The van der Waals surface area contributed by atoms with Crippen molar-refractivity contribution in [3.8, 4) is 0 Å². The molecule has 1 amide bonds. The van der Waals surface area contributed by atoms with Crippen LogP contribution in [0.5, 0.6) is 0 Å². The van der Waals surface area contributed by atoms with E-state index in [1.807, 2.05) is 0 Å². The van der Waals surface area contributed by atoms with E-state index in [4.69, 9.17) is 0 Å². The zero-order chi connectivity index (χ0) is 12.1. The van der Waals surface area contributed by atoms with E-state index in [0.29, 0.717) is 0 Å². The van der Waals surface area contributed by atoms with Crippen LogP contribution in [0.1, 0.15) is 32.6 Å². The van der Waals surface area contributed by atoms with Gasteiger partial charge in [-0.15, -0.1) is 5.10 Å². The van der Waals surface area contributed by atoms with Gasteiger partial charge in [-0.25, -0.2) is 0 Å². The summed E-state index contributed by atoms with van der Waals surface area (Å²) in [7, 11) is 0. The molecule has 6 heteroatoms. The van der Waals surface area contributed by atoms with Gasteiger partial charge in [0, 0.05) is 18.1 Å². The van der Waals surface area contributed by atoms with Gasteiger partial charge in [-0.1, -0.05) is 17.8 Å². The molecule has 17 heavy (non-hydrogen) atoms. The molecule has 1 unspecified atom stereocenters. The number of nitrogens with one attached hydrogen (secondary N) is 2. The van der Waals surface area contributed by atoms with Crippen LogP contribution in [-0.4, -0.2) is 28.6 Å². The Labute approximate surface area is 105 Å². The van der Waals surface area contributed by atoms with Crippen molar-refractivity contribution in [2.45, 2.75) is 32.6 Å². The SMILES string of the molecule is CCCC1(C(=O)Nc2cnns2)CCCNC1. The molecule has 1 fully saturated rings. The molecule has 0 aliphatic carbocycles. The maximum absolute atomic E-state index is 12.4. The van der Waals surface area contributed by atoms with Gasteiger partial charge in [0.15, 0.2) is 0 Å². The number of piperidine rings is 1. The van der Waals surface area contributed by atoms with Crippen molar-refractivity contribution in [1.29, 1.82) is 0 Å². The third-order valence-corrected chi connectivity index (χ3v) is 3.86. The van der Waals surface area contributed by atoms with Crippen molar-refractivity contribution in [1.82, 2.24) is 14.9 Å². The fourth-order valence-corrected chi connectivity index (χ4v) is 2.85. The molecule has 5 nitrogen and oxygen atoms in total.